The first-order valence-corrected chi connectivity index (χ1v) is 12.3. The molecule has 0 saturated carbocycles. The molecule has 0 aromatic heterocycles. The van der Waals surface area contributed by atoms with Crippen molar-refractivity contribution in [2.45, 2.75) is 63.7 Å². The van der Waals surface area contributed by atoms with Crippen molar-refractivity contribution in [2.24, 2.45) is 5.92 Å². The number of carbonyl (C=O) groups is 2. The first-order valence-electron chi connectivity index (χ1n) is 11.5. The zero-order valence-electron chi connectivity index (χ0n) is 18.1. The smallest absolute Gasteiger partial charge is 0.233 e. The third kappa shape index (κ3) is 5.64. The minimum atomic E-state index is -0.544. The Balaban J connectivity index is 1.66. The molecule has 5 nitrogen and oxygen atoms in total. The van der Waals surface area contributed by atoms with Crippen LogP contribution in [0.3, 0.4) is 0 Å². The predicted octanol–water partition coefficient (Wildman–Crippen LogP) is 4.43. The van der Waals surface area contributed by atoms with Crippen LogP contribution >= 0.6 is 15.9 Å². The summed E-state index contributed by atoms with van der Waals surface area (Å²) >= 11 is 3.49. The van der Waals surface area contributed by atoms with Crippen molar-refractivity contribution < 1.29 is 14.3 Å². The molecule has 1 aromatic rings. The molecule has 30 heavy (non-hydrogen) atoms. The lowest BCUT2D eigenvalue weighted by Gasteiger charge is -2.42. The Morgan fingerprint density at radius 3 is 2.60 bits per heavy atom. The Hall–Kier alpha value is -1.40. The van der Waals surface area contributed by atoms with Gasteiger partial charge in [0.2, 0.25) is 11.8 Å². The monoisotopic (exact) mass is 478 g/mol. The van der Waals surface area contributed by atoms with Gasteiger partial charge in [0.1, 0.15) is 0 Å². The van der Waals surface area contributed by atoms with Gasteiger partial charge in [0, 0.05) is 37.3 Å². The van der Waals surface area contributed by atoms with E-state index in [1.807, 2.05) is 17.0 Å². The quantitative estimate of drug-likeness (QED) is 0.562. The lowest BCUT2D eigenvalue weighted by molar-refractivity contribution is -0.144. The molecule has 2 aliphatic rings. The molecular weight excluding hydrogens is 444 g/mol. The Bertz CT molecular complexity index is 701. The molecule has 0 bridgehead atoms. The second-order valence-corrected chi connectivity index (χ2v) is 9.56. The summed E-state index contributed by atoms with van der Waals surface area (Å²) < 4.78 is 6.60. The van der Waals surface area contributed by atoms with E-state index in [-0.39, 0.29) is 17.7 Å². The molecule has 0 radical (unpaired) electrons. The molecule has 6 heteroatoms. The van der Waals surface area contributed by atoms with Gasteiger partial charge < -0.3 is 15.0 Å². The number of carbonyl (C=O) groups excluding carboxylic acids is 2. The summed E-state index contributed by atoms with van der Waals surface area (Å²) in [4.78, 5) is 28.4. The van der Waals surface area contributed by atoms with Crippen molar-refractivity contribution in [1.29, 1.82) is 0 Å². The number of nitrogens with one attached hydrogen (secondary N) is 1. The van der Waals surface area contributed by atoms with E-state index >= 15 is 0 Å². The largest absolute Gasteiger partial charge is 0.381 e. The van der Waals surface area contributed by atoms with E-state index in [0.717, 1.165) is 48.8 Å². The summed E-state index contributed by atoms with van der Waals surface area (Å²) in [5.41, 5.74) is 0.513. The molecule has 166 valence electrons. The summed E-state index contributed by atoms with van der Waals surface area (Å²) in [5.74, 6) is 0.165. The number of piperidine rings is 1. The minimum Gasteiger partial charge on any atom is -0.381 e. The molecule has 0 spiro atoms. The second kappa shape index (κ2) is 11.3. The number of benzene rings is 1. The lowest BCUT2D eigenvalue weighted by atomic mass is 9.72. The van der Waals surface area contributed by atoms with Crippen LogP contribution in [0.25, 0.3) is 0 Å². The Labute approximate surface area is 189 Å². The molecule has 2 amide bonds. The van der Waals surface area contributed by atoms with Crippen LogP contribution in [0.15, 0.2) is 28.7 Å². The van der Waals surface area contributed by atoms with Crippen molar-refractivity contribution in [3.8, 4) is 0 Å². The molecule has 2 heterocycles. The number of halogens is 1. The molecule has 1 N–H and O–H groups in total. The van der Waals surface area contributed by atoms with Crippen LogP contribution in [-0.2, 0) is 19.7 Å². The third-order valence-corrected chi connectivity index (χ3v) is 7.09. The fraction of sp³-hybridized carbons (Fsp3) is 0.667. The summed E-state index contributed by atoms with van der Waals surface area (Å²) in [6.07, 6.45) is 7.72. The summed E-state index contributed by atoms with van der Waals surface area (Å²) in [5, 5.41) is 3.10. The van der Waals surface area contributed by atoms with Gasteiger partial charge in [0.15, 0.2) is 0 Å². The maximum Gasteiger partial charge on any atom is 0.233 e. The van der Waals surface area contributed by atoms with Crippen LogP contribution < -0.4 is 5.32 Å². The molecule has 1 atom stereocenters. The number of amides is 2. The van der Waals surface area contributed by atoms with Crippen LogP contribution in [0, 0.1) is 5.92 Å². The van der Waals surface area contributed by atoms with E-state index in [9.17, 15) is 9.59 Å². The normalized spacial score (nSPS) is 21.3. The molecular formula is C24H35BrN2O3. The first kappa shape index (κ1) is 23.3. The average molecular weight is 479 g/mol. The molecule has 0 aliphatic carbocycles. The highest BCUT2D eigenvalue weighted by atomic mass is 79.9. The fourth-order valence-corrected chi connectivity index (χ4v) is 4.97. The highest BCUT2D eigenvalue weighted by Crippen LogP contribution is 2.38. The van der Waals surface area contributed by atoms with E-state index < -0.39 is 5.41 Å². The topological polar surface area (TPSA) is 58.6 Å². The van der Waals surface area contributed by atoms with Gasteiger partial charge in [-0.15, -0.1) is 0 Å². The SMILES string of the molecule is CCCCCCNC(=O)C1CCCN(C(=O)C2(c3ccc(Br)cc3)CCOCC2)C1. The number of likely N-dealkylation sites (tertiary alicyclic amines) is 1. The average Bonchev–Trinajstić information content (AvgIpc) is 2.79. The van der Waals surface area contributed by atoms with Crippen molar-refractivity contribution in [3.63, 3.8) is 0 Å². The van der Waals surface area contributed by atoms with Gasteiger partial charge in [-0.1, -0.05) is 54.2 Å². The van der Waals surface area contributed by atoms with Gasteiger partial charge in [0.05, 0.1) is 11.3 Å². The predicted molar refractivity (Wildman–Crippen MR) is 122 cm³/mol. The van der Waals surface area contributed by atoms with Gasteiger partial charge in [-0.25, -0.2) is 0 Å². The number of rotatable bonds is 8. The Morgan fingerprint density at radius 1 is 1.17 bits per heavy atom. The van der Waals surface area contributed by atoms with Gasteiger partial charge in [-0.3, -0.25) is 9.59 Å². The maximum absolute atomic E-state index is 13.8. The Kier molecular flexibility index (Phi) is 8.75. The maximum atomic E-state index is 13.8. The zero-order chi connectivity index (χ0) is 21.4. The van der Waals surface area contributed by atoms with Crippen LogP contribution in [0.5, 0.6) is 0 Å². The summed E-state index contributed by atoms with van der Waals surface area (Å²) in [6.45, 7) is 5.38. The van der Waals surface area contributed by atoms with Crippen LogP contribution in [0.1, 0.15) is 63.9 Å². The third-order valence-electron chi connectivity index (χ3n) is 6.56. The van der Waals surface area contributed by atoms with Crippen molar-refractivity contribution in [3.05, 3.63) is 34.3 Å². The van der Waals surface area contributed by atoms with Gasteiger partial charge in [-0.2, -0.15) is 0 Å². The molecule has 2 saturated heterocycles. The van der Waals surface area contributed by atoms with Gasteiger partial charge in [0.25, 0.3) is 0 Å². The van der Waals surface area contributed by atoms with E-state index in [4.69, 9.17) is 4.74 Å². The van der Waals surface area contributed by atoms with E-state index in [1.54, 1.807) is 0 Å². The number of ether oxygens (including phenoxy) is 1. The first-order chi connectivity index (χ1) is 14.6. The summed E-state index contributed by atoms with van der Waals surface area (Å²) in [6, 6.07) is 8.12. The molecule has 2 aliphatic heterocycles. The van der Waals surface area contributed by atoms with Gasteiger partial charge >= 0.3 is 0 Å². The number of hydrogen-bond donors (Lipinski definition) is 1. The zero-order valence-corrected chi connectivity index (χ0v) is 19.7. The van der Waals surface area contributed by atoms with Crippen LogP contribution in [-0.4, -0.2) is 49.6 Å². The van der Waals surface area contributed by atoms with E-state index in [0.29, 0.717) is 32.6 Å². The molecule has 1 unspecified atom stereocenters. The van der Waals surface area contributed by atoms with Gasteiger partial charge in [-0.05, 0) is 49.8 Å². The highest BCUT2D eigenvalue weighted by Gasteiger charge is 2.45. The fourth-order valence-electron chi connectivity index (χ4n) is 4.70. The van der Waals surface area contributed by atoms with Crippen molar-refractivity contribution in [1.82, 2.24) is 10.2 Å². The lowest BCUT2D eigenvalue weighted by Crippen LogP contribution is -2.54. The molecule has 1 aromatic carbocycles. The Morgan fingerprint density at radius 2 is 1.90 bits per heavy atom. The summed E-state index contributed by atoms with van der Waals surface area (Å²) in [7, 11) is 0. The van der Waals surface area contributed by atoms with Crippen molar-refractivity contribution in [2.75, 3.05) is 32.8 Å². The van der Waals surface area contributed by atoms with E-state index in [2.05, 4.69) is 40.3 Å². The number of unbranched alkanes of at least 4 members (excludes halogenated alkanes) is 3. The highest BCUT2D eigenvalue weighted by molar-refractivity contribution is 9.10. The van der Waals surface area contributed by atoms with E-state index in [1.165, 1.54) is 12.8 Å². The molecule has 3 rings (SSSR count). The van der Waals surface area contributed by atoms with Crippen molar-refractivity contribution >= 4 is 27.7 Å². The number of hydrogen-bond acceptors (Lipinski definition) is 3. The number of nitrogens with zero attached hydrogens (tertiary/aromatic N) is 1. The minimum absolute atomic E-state index is 0.101. The second-order valence-electron chi connectivity index (χ2n) is 8.64. The standard InChI is InChI=1S/C24H35BrN2O3/c1-2-3-4-5-14-26-22(28)19-7-6-15-27(18-19)23(29)24(12-16-30-17-13-24)20-8-10-21(25)11-9-20/h8-11,19H,2-7,12-18H2,1H3,(H,26,28). The van der Waals surface area contributed by atoms with Crippen LogP contribution in [0.4, 0.5) is 0 Å². The molecule has 2 fully saturated rings. The van der Waals surface area contributed by atoms with Crippen LogP contribution in [0.2, 0.25) is 0 Å².